The quantitative estimate of drug-likeness (QED) is 0.397. The summed E-state index contributed by atoms with van der Waals surface area (Å²) in [6.07, 6.45) is 19.9. The molecule has 0 nitrogen and oxygen atoms in total. The van der Waals surface area contributed by atoms with Crippen LogP contribution in [-0.2, 0) is 12.8 Å². The Morgan fingerprint density at radius 1 is 0.909 bits per heavy atom. The van der Waals surface area contributed by atoms with E-state index in [4.69, 9.17) is 6.42 Å². The van der Waals surface area contributed by atoms with Crippen LogP contribution in [-0.4, -0.2) is 0 Å². The first kappa shape index (κ1) is 17.1. The minimum Gasteiger partial charge on any atom is -0.120 e. The molecule has 1 aliphatic carbocycles. The number of benzene rings is 1. The molecule has 0 radical (unpaired) electrons. The highest BCUT2D eigenvalue weighted by Gasteiger charge is 2.19. The lowest BCUT2D eigenvalue weighted by Gasteiger charge is -2.25. The molecule has 0 bridgehead atoms. The number of terminal acetylenes is 1. The van der Waals surface area contributed by atoms with Crippen molar-refractivity contribution >= 4 is 0 Å². The van der Waals surface area contributed by atoms with Crippen LogP contribution >= 0.6 is 0 Å². The standard InChI is InChI=1S/C22H32/c1-3-5-6-7-8-20-13-15-22(16-14-20)18-17-21-11-9-19(4-2)10-12-21/h2,13-16,19,21H,3,5-12,17-18H2,1H3/t19-,21-. The third kappa shape index (κ3) is 5.88. The Hall–Kier alpha value is -1.22. The molecule has 1 fully saturated rings. The Bertz CT molecular complexity index is 440. The number of rotatable bonds is 8. The van der Waals surface area contributed by atoms with E-state index in [2.05, 4.69) is 37.1 Å². The molecule has 1 saturated carbocycles. The molecule has 1 aromatic carbocycles. The van der Waals surface area contributed by atoms with Gasteiger partial charge in [-0.1, -0.05) is 50.5 Å². The highest BCUT2D eigenvalue weighted by Crippen LogP contribution is 2.31. The number of hydrogen-bond donors (Lipinski definition) is 0. The summed E-state index contributed by atoms with van der Waals surface area (Å²) in [6, 6.07) is 9.39. The normalized spacial score (nSPS) is 21.5. The highest BCUT2D eigenvalue weighted by molar-refractivity contribution is 5.22. The van der Waals surface area contributed by atoms with E-state index in [1.165, 1.54) is 81.8 Å². The lowest BCUT2D eigenvalue weighted by Crippen LogP contribution is -2.13. The van der Waals surface area contributed by atoms with Gasteiger partial charge in [0, 0.05) is 5.92 Å². The minimum absolute atomic E-state index is 0.559. The maximum Gasteiger partial charge on any atom is 0.0200 e. The first-order chi connectivity index (χ1) is 10.8. The number of aryl methyl sites for hydroxylation is 2. The molecule has 120 valence electrons. The van der Waals surface area contributed by atoms with Crippen LogP contribution in [0.5, 0.6) is 0 Å². The van der Waals surface area contributed by atoms with Crippen LogP contribution in [0.25, 0.3) is 0 Å². The molecular formula is C22H32. The second kappa shape index (κ2) is 9.73. The van der Waals surface area contributed by atoms with Crippen molar-refractivity contribution in [3.05, 3.63) is 35.4 Å². The van der Waals surface area contributed by atoms with E-state index in [1.807, 2.05) is 0 Å². The van der Waals surface area contributed by atoms with Gasteiger partial charge in [0.05, 0.1) is 0 Å². The first-order valence-corrected chi connectivity index (χ1v) is 9.35. The van der Waals surface area contributed by atoms with Crippen molar-refractivity contribution < 1.29 is 0 Å². The molecule has 0 spiro atoms. The molecule has 0 amide bonds. The lowest BCUT2D eigenvalue weighted by molar-refractivity contribution is 0.302. The predicted molar refractivity (Wildman–Crippen MR) is 96.9 cm³/mol. The summed E-state index contributed by atoms with van der Waals surface area (Å²) < 4.78 is 0. The summed E-state index contributed by atoms with van der Waals surface area (Å²) in [6.45, 7) is 2.27. The van der Waals surface area contributed by atoms with Crippen molar-refractivity contribution in [3.8, 4) is 12.3 Å². The molecule has 0 atom stereocenters. The highest BCUT2D eigenvalue weighted by atomic mass is 14.2. The van der Waals surface area contributed by atoms with Gasteiger partial charge < -0.3 is 0 Å². The topological polar surface area (TPSA) is 0 Å². The molecule has 22 heavy (non-hydrogen) atoms. The molecule has 1 aliphatic rings. The van der Waals surface area contributed by atoms with Crippen molar-refractivity contribution in [2.75, 3.05) is 0 Å². The van der Waals surface area contributed by atoms with Crippen LogP contribution in [0.3, 0.4) is 0 Å². The zero-order valence-corrected chi connectivity index (χ0v) is 14.3. The molecule has 0 N–H and O–H groups in total. The van der Waals surface area contributed by atoms with Crippen LogP contribution in [0, 0.1) is 24.2 Å². The zero-order valence-electron chi connectivity index (χ0n) is 14.3. The number of hydrogen-bond acceptors (Lipinski definition) is 0. The second-order valence-corrected chi connectivity index (χ2v) is 7.05. The molecule has 0 saturated heterocycles. The Balaban J connectivity index is 1.67. The van der Waals surface area contributed by atoms with E-state index in [0.29, 0.717) is 5.92 Å². The monoisotopic (exact) mass is 296 g/mol. The van der Waals surface area contributed by atoms with Gasteiger partial charge in [0.25, 0.3) is 0 Å². The van der Waals surface area contributed by atoms with Crippen molar-refractivity contribution in [1.29, 1.82) is 0 Å². The maximum absolute atomic E-state index is 5.53. The van der Waals surface area contributed by atoms with Crippen LogP contribution in [0.2, 0.25) is 0 Å². The second-order valence-electron chi connectivity index (χ2n) is 7.05. The Labute approximate surface area is 137 Å². The van der Waals surface area contributed by atoms with Gasteiger partial charge in [-0.3, -0.25) is 0 Å². The summed E-state index contributed by atoms with van der Waals surface area (Å²) >= 11 is 0. The zero-order chi connectivity index (χ0) is 15.6. The van der Waals surface area contributed by atoms with Gasteiger partial charge in [-0.05, 0) is 68.4 Å². The van der Waals surface area contributed by atoms with Gasteiger partial charge in [-0.15, -0.1) is 12.3 Å². The molecular weight excluding hydrogens is 264 g/mol. The van der Waals surface area contributed by atoms with E-state index in [9.17, 15) is 0 Å². The van der Waals surface area contributed by atoms with E-state index < -0.39 is 0 Å². The van der Waals surface area contributed by atoms with Gasteiger partial charge >= 0.3 is 0 Å². The minimum atomic E-state index is 0.559. The molecule has 1 aromatic rings. The van der Waals surface area contributed by atoms with E-state index in [1.54, 1.807) is 0 Å². The fourth-order valence-electron chi connectivity index (χ4n) is 3.62. The van der Waals surface area contributed by atoms with Crippen molar-refractivity contribution in [2.45, 2.75) is 77.6 Å². The summed E-state index contributed by atoms with van der Waals surface area (Å²) in [4.78, 5) is 0. The van der Waals surface area contributed by atoms with E-state index >= 15 is 0 Å². The summed E-state index contributed by atoms with van der Waals surface area (Å²) in [5, 5.41) is 0. The fraction of sp³-hybridized carbons (Fsp3) is 0.636. The predicted octanol–water partition coefficient (Wildman–Crippen LogP) is 6.18. The van der Waals surface area contributed by atoms with Crippen molar-refractivity contribution in [3.63, 3.8) is 0 Å². The third-order valence-corrected chi connectivity index (χ3v) is 5.27. The molecule has 0 aromatic heterocycles. The molecule has 0 unspecified atom stereocenters. The summed E-state index contributed by atoms with van der Waals surface area (Å²) in [5.41, 5.74) is 3.02. The van der Waals surface area contributed by atoms with Crippen molar-refractivity contribution in [2.24, 2.45) is 11.8 Å². The van der Waals surface area contributed by atoms with E-state index in [0.717, 1.165) is 5.92 Å². The largest absolute Gasteiger partial charge is 0.120 e. The number of unbranched alkanes of at least 4 members (excludes halogenated alkanes) is 3. The average Bonchev–Trinajstić information content (AvgIpc) is 2.58. The molecule has 0 aliphatic heterocycles. The molecule has 0 heterocycles. The van der Waals surface area contributed by atoms with Crippen LogP contribution in [0.4, 0.5) is 0 Å². The molecule has 0 heteroatoms. The molecule has 2 rings (SSSR count). The smallest absolute Gasteiger partial charge is 0.0200 e. The van der Waals surface area contributed by atoms with Gasteiger partial charge in [0.15, 0.2) is 0 Å². The van der Waals surface area contributed by atoms with Gasteiger partial charge in [0.2, 0.25) is 0 Å². The van der Waals surface area contributed by atoms with Gasteiger partial charge in [-0.25, -0.2) is 0 Å². The fourth-order valence-corrected chi connectivity index (χ4v) is 3.62. The van der Waals surface area contributed by atoms with Gasteiger partial charge in [-0.2, -0.15) is 0 Å². The van der Waals surface area contributed by atoms with Crippen LogP contribution in [0.1, 0.15) is 75.8 Å². The summed E-state index contributed by atoms with van der Waals surface area (Å²) in [7, 11) is 0. The Morgan fingerprint density at radius 3 is 2.14 bits per heavy atom. The first-order valence-electron chi connectivity index (χ1n) is 9.35. The summed E-state index contributed by atoms with van der Waals surface area (Å²) in [5.74, 6) is 4.39. The Morgan fingerprint density at radius 2 is 1.55 bits per heavy atom. The van der Waals surface area contributed by atoms with E-state index in [-0.39, 0.29) is 0 Å². The third-order valence-electron chi connectivity index (χ3n) is 5.27. The van der Waals surface area contributed by atoms with Gasteiger partial charge in [0.1, 0.15) is 0 Å². The average molecular weight is 296 g/mol. The maximum atomic E-state index is 5.53. The van der Waals surface area contributed by atoms with Crippen LogP contribution < -0.4 is 0 Å². The SMILES string of the molecule is C#C[C@H]1CC[C@H](CCc2ccc(CCCCCC)cc2)CC1. The Kier molecular flexibility index (Phi) is 7.58. The van der Waals surface area contributed by atoms with Crippen LogP contribution in [0.15, 0.2) is 24.3 Å². The van der Waals surface area contributed by atoms with Crippen molar-refractivity contribution in [1.82, 2.24) is 0 Å². The lowest BCUT2D eigenvalue weighted by atomic mass is 9.80.